The Labute approximate surface area is 131 Å². The molecule has 2 rings (SSSR count). The molecule has 0 aliphatic carbocycles. The molecule has 1 aromatic rings. The molecule has 4 nitrogen and oxygen atoms in total. The highest BCUT2D eigenvalue weighted by molar-refractivity contribution is 5.94. The zero-order valence-corrected chi connectivity index (χ0v) is 12.6. The van der Waals surface area contributed by atoms with Gasteiger partial charge in [-0.15, -0.1) is 0 Å². The summed E-state index contributed by atoms with van der Waals surface area (Å²) in [5.41, 5.74) is -1.61. The number of hydrogen-bond donors (Lipinski definition) is 1. The lowest BCUT2D eigenvalue weighted by atomic mass is 10.1. The summed E-state index contributed by atoms with van der Waals surface area (Å²) < 4.78 is 51.4. The number of rotatable bonds is 3. The molecule has 1 N–H and O–H groups in total. The van der Waals surface area contributed by atoms with Crippen LogP contribution in [0.3, 0.4) is 0 Å². The molecule has 0 aromatic heterocycles. The number of alkyl halides is 3. The average molecular weight is 334 g/mol. The Kier molecular flexibility index (Phi) is 5.26. The number of halogens is 4. The second-order valence-corrected chi connectivity index (χ2v) is 5.63. The smallest absolute Gasteiger partial charge is 0.392 e. The summed E-state index contributed by atoms with van der Waals surface area (Å²) in [7, 11) is 0. The van der Waals surface area contributed by atoms with E-state index in [0.717, 1.165) is 6.07 Å². The van der Waals surface area contributed by atoms with Gasteiger partial charge in [0, 0.05) is 38.3 Å². The van der Waals surface area contributed by atoms with E-state index in [0.29, 0.717) is 44.9 Å². The van der Waals surface area contributed by atoms with E-state index in [1.54, 1.807) is 6.92 Å². The summed E-state index contributed by atoms with van der Waals surface area (Å²) >= 11 is 0. The first-order chi connectivity index (χ1) is 10.7. The van der Waals surface area contributed by atoms with Gasteiger partial charge in [0.25, 0.3) is 5.91 Å². The molecule has 1 unspecified atom stereocenters. The largest absolute Gasteiger partial charge is 0.419 e. The fourth-order valence-electron chi connectivity index (χ4n) is 2.57. The van der Waals surface area contributed by atoms with Crippen molar-refractivity contribution in [1.29, 1.82) is 0 Å². The van der Waals surface area contributed by atoms with Gasteiger partial charge in [-0.2, -0.15) is 13.2 Å². The lowest BCUT2D eigenvalue weighted by Gasteiger charge is -2.35. The van der Waals surface area contributed by atoms with E-state index in [1.165, 1.54) is 4.90 Å². The predicted molar refractivity (Wildman–Crippen MR) is 75.4 cm³/mol. The number of amides is 1. The number of aliphatic hydroxyl groups is 1. The molecule has 0 radical (unpaired) electrons. The monoisotopic (exact) mass is 334 g/mol. The number of carbonyl (C=O) groups is 1. The van der Waals surface area contributed by atoms with Gasteiger partial charge in [-0.3, -0.25) is 9.69 Å². The molecule has 128 valence electrons. The van der Waals surface area contributed by atoms with E-state index >= 15 is 0 Å². The van der Waals surface area contributed by atoms with Crippen molar-refractivity contribution in [3.05, 3.63) is 35.1 Å². The second-order valence-electron chi connectivity index (χ2n) is 5.63. The van der Waals surface area contributed by atoms with Crippen LogP contribution in [0.5, 0.6) is 0 Å². The third-order valence-corrected chi connectivity index (χ3v) is 3.70. The van der Waals surface area contributed by atoms with Crippen LogP contribution in [-0.4, -0.2) is 59.6 Å². The fourth-order valence-corrected chi connectivity index (χ4v) is 2.57. The number of aliphatic hydroxyl groups excluding tert-OH is 1. The topological polar surface area (TPSA) is 43.8 Å². The maximum absolute atomic E-state index is 13.3. The van der Waals surface area contributed by atoms with E-state index in [2.05, 4.69) is 0 Å². The van der Waals surface area contributed by atoms with Crippen LogP contribution in [0.25, 0.3) is 0 Å². The van der Waals surface area contributed by atoms with Crippen molar-refractivity contribution in [2.75, 3.05) is 32.7 Å². The Morgan fingerprint density at radius 2 is 1.87 bits per heavy atom. The highest BCUT2D eigenvalue weighted by atomic mass is 19.4. The standard InChI is InChI=1S/C15H18F4N2O2/c1-10(22)9-20-4-6-21(7-5-20)14(23)11-2-3-13(16)12(8-11)15(17,18)19/h2-3,8,10,22H,4-7,9H2,1H3. The van der Waals surface area contributed by atoms with Crippen LogP contribution < -0.4 is 0 Å². The molecular weight excluding hydrogens is 316 g/mol. The maximum atomic E-state index is 13.3. The molecule has 1 fully saturated rings. The van der Waals surface area contributed by atoms with Gasteiger partial charge in [-0.1, -0.05) is 0 Å². The first kappa shape index (κ1) is 17.7. The number of benzene rings is 1. The molecule has 1 aromatic carbocycles. The van der Waals surface area contributed by atoms with Gasteiger partial charge in [0.05, 0.1) is 11.7 Å². The molecule has 1 amide bonds. The van der Waals surface area contributed by atoms with Gasteiger partial charge in [-0.05, 0) is 25.1 Å². The van der Waals surface area contributed by atoms with Gasteiger partial charge in [0.1, 0.15) is 5.82 Å². The highest BCUT2D eigenvalue weighted by Gasteiger charge is 2.35. The number of β-amino-alcohol motifs (C(OH)–C–C–N with tert-alkyl or cyclic N) is 1. The number of nitrogens with zero attached hydrogens (tertiary/aromatic N) is 2. The third kappa shape index (κ3) is 4.42. The van der Waals surface area contributed by atoms with Crippen molar-refractivity contribution >= 4 is 5.91 Å². The van der Waals surface area contributed by atoms with Crippen LogP contribution in [0.1, 0.15) is 22.8 Å². The molecule has 0 saturated carbocycles. The van der Waals surface area contributed by atoms with Crippen LogP contribution in [0, 0.1) is 5.82 Å². The van der Waals surface area contributed by atoms with Gasteiger partial charge >= 0.3 is 6.18 Å². The Morgan fingerprint density at radius 3 is 2.39 bits per heavy atom. The van der Waals surface area contributed by atoms with Crippen molar-refractivity contribution in [1.82, 2.24) is 9.80 Å². The molecule has 1 heterocycles. The summed E-state index contributed by atoms with van der Waals surface area (Å²) in [5, 5.41) is 9.33. The predicted octanol–water partition coefficient (Wildman–Crippen LogP) is 1.98. The molecule has 1 aliphatic rings. The number of hydrogen-bond acceptors (Lipinski definition) is 3. The SMILES string of the molecule is CC(O)CN1CCN(C(=O)c2ccc(F)c(C(F)(F)F)c2)CC1. The zero-order chi connectivity index (χ0) is 17.2. The minimum absolute atomic E-state index is 0.178. The summed E-state index contributed by atoms with van der Waals surface area (Å²) in [5.74, 6) is -1.94. The summed E-state index contributed by atoms with van der Waals surface area (Å²) in [6.45, 7) is 3.91. The molecule has 1 atom stereocenters. The molecule has 0 bridgehead atoms. The number of carbonyl (C=O) groups excluding carboxylic acids is 1. The maximum Gasteiger partial charge on any atom is 0.419 e. The molecule has 1 saturated heterocycles. The average Bonchev–Trinajstić information content (AvgIpc) is 2.46. The quantitative estimate of drug-likeness (QED) is 0.860. The molecule has 1 aliphatic heterocycles. The zero-order valence-electron chi connectivity index (χ0n) is 12.6. The summed E-state index contributed by atoms with van der Waals surface area (Å²) in [6.07, 6.45) is -5.32. The lowest BCUT2D eigenvalue weighted by molar-refractivity contribution is -0.140. The van der Waals surface area contributed by atoms with Crippen molar-refractivity contribution < 1.29 is 27.5 Å². The van der Waals surface area contributed by atoms with Crippen LogP contribution in [0.2, 0.25) is 0 Å². The lowest BCUT2D eigenvalue weighted by Crippen LogP contribution is -2.50. The fraction of sp³-hybridized carbons (Fsp3) is 0.533. The van der Waals surface area contributed by atoms with Crippen LogP contribution in [-0.2, 0) is 6.18 Å². The normalized spacial score (nSPS) is 18.1. The number of piperazine rings is 1. The first-order valence-electron chi connectivity index (χ1n) is 7.25. The molecule has 8 heteroatoms. The van der Waals surface area contributed by atoms with Crippen molar-refractivity contribution in [3.8, 4) is 0 Å². The summed E-state index contributed by atoms with van der Waals surface area (Å²) in [6, 6.07) is 2.29. The Bertz CT molecular complexity index is 567. The van der Waals surface area contributed by atoms with Crippen LogP contribution >= 0.6 is 0 Å². The van der Waals surface area contributed by atoms with Crippen LogP contribution in [0.4, 0.5) is 17.6 Å². The second kappa shape index (κ2) is 6.84. The molecule has 0 spiro atoms. The van der Waals surface area contributed by atoms with Crippen molar-refractivity contribution in [2.24, 2.45) is 0 Å². The van der Waals surface area contributed by atoms with Crippen LogP contribution in [0.15, 0.2) is 18.2 Å². The van der Waals surface area contributed by atoms with Gasteiger partial charge in [-0.25, -0.2) is 4.39 Å². The van der Waals surface area contributed by atoms with E-state index < -0.39 is 29.6 Å². The van der Waals surface area contributed by atoms with Gasteiger partial charge in [0.2, 0.25) is 0 Å². The first-order valence-corrected chi connectivity index (χ1v) is 7.25. The Balaban J connectivity index is 2.07. The Morgan fingerprint density at radius 1 is 1.26 bits per heavy atom. The van der Waals surface area contributed by atoms with Crippen molar-refractivity contribution in [2.45, 2.75) is 19.2 Å². The minimum Gasteiger partial charge on any atom is -0.392 e. The Hall–Kier alpha value is -1.67. The van der Waals surface area contributed by atoms with E-state index in [9.17, 15) is 27.5 Å². The van der Waals surface area contributed by atoms with Gasteiger partial charge in [0.15, 0.2) is 0 Å². The molecular formula is C15H18F4N2O2. The highest BCUT2D eigenvalue weighted by Crippen LogP contribution is 2.32. The molecule has 23 heavy (non-hydrogen) atoms. The van der Waals surface area contributed by atoms with Crippen molar-refractivity contribution in [3.63, 3.8) is 0 Å². The van der Waals surface area contributed by atoms with E-state index in [-0.39, 0.29) is 5.56 Å². The summed E-state index contributed by atoms with van der Waals surface area (Å²) in [4.78, 5) is 15.7. The third-order valence-electron chi connectivity index (χ3n) is 3.70. The minimum atomic E-state index is -4.84. The van der Waals surface area contributed by atoms with E-state index in [4.69, 9.17) is 0 Å². The van der Waals surface area contributed by atoms with Gasteiger partial charge < -0.3 is 10.0 Å². The van der Waals surface area contributed by atoms with E-state index in [1.807, 2.05) is 4.90 Å².